The summed E-state index contributed by atoms with van der Waals surface area (Å²) in [4.78, 5) is 9.24. The van der Waals surface area contributed by atoms with Crippen molar-refractivity contribution in [2.75, 3.05) is 23.7 Å². The first-order valence-electron chi connectivity index (χ1n) is 7.27. The van der Waals surface area contributed by atoms with E-state index in [4.69, 9.17) is 0 Å². The highest BCUT2D eigenvalue weighted by Crippen LogP contribution is 2.37. The van der Waals surface area contributed by atoms with Crippen LogP contribution in [0, 0.1) is 11.8 Å². The van der Waals surface area contributed by atoms with Crippen molar-refractivity contribution in [3.8, 4) is 0 Å². The van der Waals surface area contributed by atoms with Gasteiger partial charge in [-0.1, -0.05) is 27.7 Å². The lowest BCUT2D eigenvalue weighted by Gasteiger charge is -2.19. The van der Waals surface area contributed by atoms with Crippen LogP contribution in [-0.2, 0) is 5.41 Å². The molecule has 1 aliphatic rings. The summed E-state index contributed by atoms with van der Waals surface area (Å²) < 4.78 is 0. The first kappa shape index (κ1) is 14.1. The van der Waals surface area contributed by atoms with Crippen LogP contribution in [0.15, 0.2) is 6.07 Å². The Labute approximate surface area is 116 Å². The topological polar surface area (TPSA) is 49.8 Å². The lowest BCUT2D eigenvalue weighted by atomic mass is 9.96. The maximum Gasteiger partial charge on any atom is 0.138 e. The molecule has 0 spiro atoms. The number of hydrogen-bond acceptors (Lipinski definition) is 4. The van der Waals surface area contributed by atoms with Crippen molar-refractivity contribution >= 4 is 11.6 Å². The average molecular weight is 262 g/mol. The Hall–Kier alpha value is -1.32. The maximum atomic E-state index is 4.65. The van der Waals surface area contributed by atoms with Gasteiger partial charge < -0.3 is 10.6 Å². The summed E-state index contributed by atoms with van der Waals surface area (Å²) in [7, 11) is 0. The lowest BCUT2D eigenvalue weighted by Crippen LogP contribution is -2.19. The van der Waals surface area contributed by atoms with E-state index in [1.165, 1.54) is 6.42 Å². The number of nitrogens with one attached hydrogen (secondary N) is 2. The molecule has 4 heteroatoms. The molecule has 1 aromatic heterocycles. The van der Waals surface area contributed by atoms with E-state index in [0.717, 1.165) is 42.4 Å². The van der Waals surface area contributed by atoms with Gasteiger partial charge >= 0.3 is 0 Å². The highest BCUT2D eigenvalue weighted by Gasteiger charge is 2.32. The number of anilines is 2. The standard InChI is InChI=1S/C15H26N4/c1-6-16-12-8-13(17-9-11-7-10(11)2)19-14(18-12)15(3,4)5/h8,10-11H,6-7,9H2,1-5H3,(H2,16,17,18,19). The first-order chi connectivity index (χ1) is 8.90. The van der Waals surface area contributed by atoms with E-state index in [2.05, 4.69) is 55.2 Å². The molecule has 0 saturated heterocycles. The summed E-state index contributed by atoms with van der Waals surface area (Å²) in [6.07, 6.45) is 1.34. The summed E-state index contributed by atoms with van der Waals surface area (Å²) in [5.41, 5.74) is -0.0330. The normalized spacial score (nSPS) is 22.2. The third-order valence-electron chi connectivity index (χ3n) is 3.58. The van der Waals surface area contributed by atoms with E-state index in [9.17, 15) is 0 Å². The molecule has 1 saturated carbocycles. The van der Waals surface area contributed by atoms with Crippen molar-refractivity contribution in [2.45, 2.75) is 46.5 Å². The molecule has 2 atom stereocenters. The van der Waals surface area contributed by atoms with Crippen LogP contribution in [0.3, 0.4) is 0 Å². The van der Waals surface area contributed by atoms with Crippen molar-refractivity contribution in [1.82, 2.24) is 9.97 Å². The Kier molecular flexibility index (Phi) is 3.97. The number of nitrogens with zero attached hydrogens (tertiary/aromatic N) is 2. The van der Waals surface area contributed by atoms with Crippen LogP contribution in [0.1, 0.15) is 46.9 Å². The summed E-state index contributed by atoms with van der Waals surface area (Å²) in [6, 6.07) is 2.01. The molecular formula is C15H26N4. The monoisotopic (exact) mass is 262 g/mol. The molecule has 4 nitrogen and oxygen atoms in total. The SMILES string of the molecule is CCNc1cc(NCC2CC2C)nc(C(C)(C)C)n1. The zero-order valence-corrected chi connectivity index (χ0v) is 12.7. The number of rotatable bonds is 5. The van der Waals surface area contributed by atoms with E-state index < -0.39 is 0 Å². The Balaban J connectivity index is 2.13. The van der Waals surface area contributed by atoms with E-state index in [1.54, 1.807) is 0 Å². The van der Waals surface area contributed by atoms with Gasteiger partial charge in [0, 0.05) is 24.6 Å². The zero-order chi connectivity index (χ0) is 14.0. The molecular weight excluding hydrogens is 236 g/mol. The predicted molar refractivity (Wildman–Crippen MR) is 80.7 cm³/mol. The summed E-state index contributed by atoms with van der Waals surface area (Å²) in [5.74, 6) is 4.42. The van der Waals surface area contributed by atoms with Gasteiger partial charge in [0.15, 0.2) is 0 Å². The van der Waals surface area contributed by atoms with Crippen molar-refractivity contribution in [2.24, 2.45) is 11.8 Å². The molecule has 1 fully saturated rings. The molecule has 106 valence electrons. The second kappa shape index (κ2) is 5.35. The van der Waals surface area contributed by atoms with Crippen molar-refractivity contribution in [3.05, 3.63) is 11.9 Å². The largest absolute Gasteiger partial charge is 0.370 e. The predicted octanol–water partition coefficient (Wildman–Crippen LogP) is 3.27. The van der Waals surface area contributed by atoms with E-state index >= 15 is 0 Å². The molecule has 1 aromatic rings. The summed E-state index contributed by atoms with van der Waals surface area (Å²) in [6.45, 7) is 12.7. The lowest BCUT2D eigenvalue weighted by molar-refractivity contribution is 0.546. The van der Waals surface area contributed by atoms with E-state index in [0.29, 0.717) is 0 Å². The van der Waals surface area contributed by atoms with Crippen LogP contribution in [0.5, 0.6) is 0 Å². The van der Waals surface area contributed by atoms with Gasteiger partial charge in [-0.15, -0.1) is 0 Å². The van der Waals surface area contributed by atoms with Crippen LogP contribution < -0.4 is 10.6 Å². The van der Waals surface area contributed by atoms with Gasteiger partial charge in [0.2, 0.25) is 0 Å². The van der Waals surface area contributed by atoms with Gasteiger partial charge in [-0.25, -0.2) is 9.97 Å². The van der Waals surface area contributed by atoms with Crippen molar-refractivity contribution in [1.29, 1.82) is 0 Å². The van der Waals surface area contributed by atoms with Crippen LogP contribution in [-0.4, -0.2) is 23.1 Å². The summed E-state index contributed by atoms with van der Waals surface area (Å²) in [5, 5.41) is 6.74. The second-order valence-corrected chi connectivity index (χ2v) is 6.60. The molecule has 0 aliphatic heterocycles. The molecule has 1 heterocycles. The van der Waals surface area contributed by atoms with Crippen molar-refractivity contribution < 1.29 is 0 Å². The highest BCUT2D eigenvalue weighted by atomic mass is 15.1. The van der Waals surface area contributed by atoms with Crippen LogP contribution >= 0.6 is 0 Å². The third-order valence-corrected chi connectivity index (χ3v) is 3.58. The first-order valence-corrected chi connectivity index (χ1v) is 7.27. The van der Waals surface area contributed by atoms with Gasteiger partial charge in [-0.05, 0) is 25.2 Å². The van der Waals surface area contributed by atoms with Gasteiger partial charge in [0.25, 0.3) is 0 Å². The average Bonchev–Trinajstić information content (AvgIpc) is 3.02. The molecule has 1 aliphatic carbocycles. The molecule has 2 unspecified atom stereocenters. The van der Waals surface area contributed by atoms with Crippen LogP contribution in [0.25, 0.3) is 0 Å². The van der Waals surface area contributed by atoms with E-state index in [1.807, 2.05) is 6.07 Å². The van der Waals surface area contributed by atoms with Gasteiger partial charge in [-0.3, -0.25) is 0 Å². The van der Waals surface area contributed by atoms with Crippen molar-refractivity contribution in [3.63, 3.8) is 0 Å². The molecule has 2 N–H and O–H groups in total. The maximum absolute atomic E-state index is 4.65. The van der Waals surface area contributed by atoms with E-state index in [-0.39, 0.29) is 5.41 Å². The third kappa shape index (κ3) is 3.82. The minimum Gasteiger partial charge on any atom is -0.370 e. The fourth-order valence-electron chi connectivity index (χ4n) is 2.06. The van der Waals surface area contributed by atoms with Gasteiger partial charge in [-0.2, -0.15) is 0 Å². The second-order valence-electron chi connectivity index (χ2n) is 6.60. The quantitative estimate of drug-likeness (QED) is 0.855. The summed E-state index contributed by atoms with van der Waals surface area (Å²) >= 11 is 0. The fourth-order valence-corrected chi connectivity index (χ4v) is 2.06. The Bertz CT molecular complexity index is 436. The molecule has 2 rings (SSSR count). The van der Waals surface area contributed by atoms with Gasteiger partial charge in [0.05, 0.1) is 0 Å². The Morgan fingerprint density at radius 3 is 2.26 bits per heavy atom. The molecule has 0 bridgehead atoms. The smallest absolute Gasteiger partial charge is 0.138 e. The molecule has 0 amide bonds. The minimum absolute atomic E-state index is 0.0330. The zero-order valence-electron chi connectivity index (χ0n) is 12.7. The molecule has 0 radical (unpaired) electrons. The van der Waals surface area contributed by atoms with Gasteiger partial charge in [0.1, 0.15) is 17.5 Å². The Morgan fingerprint density at radius 1 is 1.21 bits per heavy atom. The van der Waals surface area contributed by atoms with Crippen LogP contribution in [0.2, 0.25) is 0 Å². The van der Waals surface area contributed by atoms with Crippen LogP contribution in [0.4, 0.5) is 11.6 Å². The molecule has 19 heavy (non-hydrogen) atoms. The number of hydrogen-bond donors (Lipinski definition) is 2. The number of aromatic nitrogens is 2. The minimum atomic E-state index is -0.0330. The highest BCUT2D eigenvalue weighted by molar-refractivity contribution is 5.48. The Morgan fingerprint density at radius 2 is 1.79 bits per heavy atom. The fraction of sp³-hybridized carbons (Fsp3) is 0.733. The molecule has 0 aromatic carbocycles.